The van der Waals surface area contributed by atoms with Gasteiger partial charge >= 0.3 is 0 Å². The third kappa shape index (κ3) is 7.92. The van der Waals surface area contributed by atoms with Gasteiger partial charge in [-0.15, -0.1) is 0 Å². The van der Waals surface area contributed by atoms with Gasteiger partial charge in [-0.3, -0.25) is 9.97 Å². The second-order valence-corrected chi connectivity index (χ2v) is 20.7. The molecule has 0 radical (unpaired) electrons. The van der Waals surface area contributed by atoms with Crippen molar-refractivity contribution in [3.8, 4) is 33.9 Å². The van der Waals surface area contributed by atoms with Crippen LogP contribution in [0, 0.1) is 0 Å². The van der Waals surface area contributed by atoms with Gasteiger partial charge in [0.2, 0.25) is 0 Å². The molecule has 0 saturated carbocycles. The Morgan fingerprint density at radius 3 is 0.902 bits per heavy atom. The van der Waals surface area contributed by atoms with Crippen LogP contribution < -0.4 is 9.80 Å². The quantitative estimate of drug-likeness (QED) is 0.136. The summed E-state index contributed by atoms with van der Waals surface area (Å²) in [7, 11) is 0. The van der Waals surface area contributed by atoms with Gasteiger partial charge in [0.1, 0.15) is 0 Å². The van der Waals surface area contributed by atoms with Crippen molar-refractivity contribution in [3.05, 3.63) is 291 Å². The molecule has 0 bridgehead atoms. The van der Waals surface area contributed by atoms with Crippen molar-refractivity contribution in [3.63, 3.8) is 0 Å². The number of fused-ring (bicyclic) bond motifs is 9. The van der Waals surface area contributed by atoms with E-state index in [2.05, 4.69) is 262 Å². The topological polar surface area (TPSA) is 67.9 Å². The number of para-hydroxylation sites is 8. The zero-order valence-electron chi connectivity index (χ0n) is 44.3. The monoisotopic (exact) mass is 1050 g/mol. The lowest BCUT2D eigenvalue weighted by molar-refractivity contribution is 1.17. The third-order valence-electron chi connectivity index (χ3n) is 15.9. The molecule has 0 amide bonds. The fourth-order valence-electron chi connectivity index (χ4n) is 12.1. The zero-order valence-corrected chi connectivity index (χ0v) is 44.3. The van der Waals surface area contributed by atoms with Crippen molar-refractivity contribution in [1.82, 2.24) is 29.1 Å². The van der Waals surface area contributed by atoms with Crippen LogP contribution in [0.15, 0.2) is 291 Å². The van der Waals surface area contributed by atoms with Gasteiger partial charge in [-0.2, -0.15) is 0 Å². The Bertz CT molecular complexity index is 4670. The highest BCUT2D eigenvalue weighted by atomic mass is 15.2. The highest BCUT2D eigenvalue weighted by Crippen LogP contribution is 2.42. The van der Waals surface area contributed by atoms with Crippen LogP contribution in [0.1, 0.15) is 0 Å². The van der Waals surface area contributed by atoms with Gasteiger partial charge in [-0.05, 0) is 133 Å². The number of anilines is 6. The van der Waals surface area contributed by atoms with Crippen molar-refractivity contribution in [2.75, 3.05) is 9.80 Å². The number of hydrogen-bond donors (Lipinski definition) is 0. The number of pyridine rings is 2. The molecule has 0 unspecified atom stereocenters. The van der Waals surface area contributed by atoms with E-state index < -0.39 is 0 Å². The van der Waals surface area contributed by atoms with E-state index in [9.17, 15) is 0 Å². The third-order valence-corrected chi connectivity index (χ3v) is 15.9. The van der Waals surface area contributed by atoms with Crippen molar-refractivity contribution >= 4 is 111 Å². The Morgan fingerprint density at radius 1 is 0.256 bits per heavy atom. The van der Waals surface area contributed by atoms with Crippen LogP contribution in [-0.2, 0) is 0 Å². The standard InChI is InChI=1S/C74H48N8/c1-7-21-65-51(15-1)45-59(47-75-65)79(55-37-41-57(42-38-55)81-69-25-11-3-17-61(69)62-18-4-12-26-70(62)81)53-33-29-49(30-34-53)73-74(78-68-24-10-9-23-67(68)77-73)50-31-35-54(36-32-50)80(60-46-52-16-2-8-22-66(52)76-48-60)56-39-43-58(44-40-56)82-71-27-13-5-19-63(71)64-20-6-14-28-72(64)82/h1-48H. The van der Waals surface area contributed by atoms with Gasteiger partial charge in [0.15, 0.2) is 0 Å². The molecule has 0 fully saturated rings. The van der Waals surface area contributed by atoms with Gasteiger partial charge in [0.25, 0.3) is 0 Å². The highest BCUT2D eigenvalue weighted by Gasteiger charge is 2.21. The Labute approximate surface area is 472 Å². The van der Waals surface area contributed by atoms with Crippen LogP contribution in [0.25, 0.3) is 110 Å². The lowest BCUT2D eigenvalue weighted by Crippen LogP contribution is -2.11. The molecule has 5 heterocycles. The number of benzene rings is 11. The number of nitrogens with zero attached hydrogens (tertiary/aromatic N) is 8. The molecular weight excluding hydrogens is 1000 g/mol. The van der Waals surface area contributed by atoms with Gasteiger partial charge in [0, 0.05) is 77.6 Å². The second kappa shape index (κ2) is 19.3. The predicted molar refractivity (Wildman–Crippen MR) is 339 cm³/mol. The second-order valence-electron chi connectivity index (χ2n) is 20.7. The maximum absolute atomic E-state index is 5.36. The van der Waals surface area contributed by atoms with E-state index in [1.54, 1.807) is 0 Å². The van der Waals surface area contributed by atoms with Crippen LogP contribution >= 0.6 is 0 Å². The molecule has 0 aliphatic carbocycles. The summed E-state index contributed by atoms with van der Waals surface area (Å²) < 4.78 is 4.71. The summed E-state index contributed by atoms with van der Waals surface area (Å²) in [5, 5.41) is 7.07. The molecule has 0 N–H and O–H groups in total. The number of hydrogen-bond acceptors (Lipinski definition) is 6. The zero-order chi connectivity index (χ0) is 54.1. The smallest absolute Gasteiger partial charge is 0.0973 e. The molecule has 0 spiro atoms. The molecule has 0 aliphatic heterocycles. The highest BCUT2D eigenvalue weighted by molar-refractivity contribution is 6.10. The van der Waals surface area contributed by atoms with Crippen LogP contribution in [0.5, 0.6) is 0 Å². The normalized spacial score (nSPS) is 11.7. The first-order chi connectivity index (χ1) is 40.6. The summed E-state index contributed by atoms with van der Waals surface area (Å²) in [6, 6.07) is 98.7. The minimum atomic E-state index is 0.795. The molecule has 5 aromatic heterocycles. The largest absolute Gasteiger partial charge is 0.309 e. The molecule has 8 nitrogen and oxygen atoms in total. The van der Waals surface area contributed by atoms with Crippen molar-refractivity contribution in [1.29, 1.82) is 0 Å². The van der Waals surface area contributed by atoms with Crippen LogP contribution in [0.2, 0.25) is 0 Å². The maximum Gasteiger partial charge on any atom is 0.0973 e. The van der Waals surface area contributed by atoms with E-state index in [1.165, 1.54) is 43.6 Å². The Balaban J connectivity index is 0.777. The summed E-state index contributed by atoms with van der Waals surface area (Å²) in [5.74, 6) is 0. The molecular formula is C74H48N8. The summed E-state index contributed by atoms with van der Waals surface area (Å²) in [5.41, 5.74) is 19.8. The number of rotatable bonds is 10. The molecule has 384 valence electrons. The predicted octanol–water partition coefficient (Wildman–Crippen LogP) is 19.2. The van der Waals surface area contributed by atoms with E-state index in [4.69, 9.17) is 19.9 Å². The lowest BCUT2D eigenvalue weighted by atomic mass is 10.0. The minimum absolute atomic E-state index is 0.795. The minimum Gasteiger partial charge on any atom is -0.309 e. The van der Waals surface area contributed by atoms with E-state index >= 15 is 0 Å². The SMILES string of the molecule is c1ccc2ncc(N(c3ccc(-c4nc5ccccc5nc4-c4ccc(N(c5ccc(-n6c7ccccc7c7ccccc76)cc5)c5cnc6ccccc6c5)cc4)cc3)c3ccc(-n4c5ccccc5c5ccccc54)cc3)cc2c1. The summed E-state index contributed by atoms with van der Waals surface area (Å²) in [6.45, 7) is 0. The van der Waals surface area contributed by atoms with Crippen LogP contribution in [-0.4, -0.2) is 29.1 Å². The summed E-state index contributed by atoms with van der Waals surface area (Å²) >= 11 is 0. The molecule has 0 saturated heterocycles. The first kappa shape index (κ1) is 46.8. The van der Waals surface area contributed by atoms with Gasteiger partial charge in [-0.1, -0.05) is 146 Å². The van der Waals surface area contributed by atoms with Crippen molar-refractivity contribution < 1.29 is 0 Å². The summed E-state index contributed by atoms with van der Waals surface area (Å²) in [4.78, 5) is 25.2. The molecule has 16 rings (SSSR count). The molecule has 8 heteroatoms. The average molecular weight is 1050 g/mol. The van der Waals surface area contributed by atoms with Gasteiger partial charge < -0.3 is 18.9 Å². The fraction of sp³-hybridized carbons (Fsp3) is 0. The van der Waals surface area contributed by atoms with Gasteiger partial charge in [0.05, 0.1) is 79.3 Å². The Morgan fingerprint density at radius 2 is 0.549 bits per heavy atom. The molecule has 16 aromatic rings. The van der Waals surface area contributed by atoms with Crippen LogP contribution in [0.3, 0.4) is 0 Å². The molecule has 82 heavy (non-hydrogen) atoms. The van der Waals surface area contributed by atoms with E-state index in [-0.39, 0.29) is 0 Å². The fourth-order valence-corrected chi connectivity index (χ4v) is 12.1. The first-order valence-electron chi connectivity index (χ1n) is 27.6. The Hall–Kier alpha value is -11.2. The Kier molecular flexibility index (Phi) is 11.0. The van der Waals surface area contributed by atoms with E-state index in [0.29, 0.717) is 0 Å². The molecule has 0 aliphatic rings. The van der Waals surface area contributed by atoms with Gasteiger partial charge in [-0.25, -0.2) is 9.97 Å². The van der Waals surface area contributed by atoms with Crippen LogP contribution in [0.4, 0.5) is 34.1 Å². The van der Waals surface area contributed by atoms with Crippen molar-refractivity contribution in [2.24, 2.45) is 0 Å². The molecule has 0 atom stereocenters. The molecule has 11 aromatic carbocycles. The summed E-state index contributed by atoms with van der Waals surface area (Å²) in [6.07, 6.45) is 3.93. The number of aromatic nitrogens is 6. The average Bonchev–Trinajstić information content (AvgIpc) is 4.29. The maximum atomic E-state index is 5.36. The van der Waals surface area contributed by atoms with E-state index in [1.807, 2.05) is 48.8 Å². The first-order valence-corrected chi connectivity index (χ1v) is 27.6. The lowest BCUT2D eigenvalue weighted by Gasteiger charge is -2.26. The van der Waals surface area contributed by atoms with Crippen molar-refractivity contribution in [2.45, 2.75) is 0 Å². The van der Waals surface area contributed by atoms with E-state index in [0.717, 1.165) is 101 Å².